The lowest BCUT2D eigenvalue weighted by Gasteiger charge is -2.26. The number of carbonyl (C=O) groups is 3. The summed E-state index contributed by atoms with van der Waals surface area (Å²) in [5.74, 6) is -1.48. The first-order valence-electron chi connectivity index (χ1n) is 7.07. The summed E-state index contributed by atoms with van der Waals surface area (Å²) in [6.07, 6.45) is 2.89. The van der Waals surface area contributed by atoms with Gasteiger partial charge in [0.25, 0.3) is 0 Å². The number of nitrogens with zero attached hydrogens (tertiary/aromatic N) is 1. The van der Waals surface area contributed by atoms with Crippen LogP contribution in [0.5, 0.6) is 0 Å². The van der Waals surface area contributed by atoms with Gasteiger partial charge in [-0.15, -0.1) is 0 Å². The Morgan fingerprint density at radius 1 is 1.30 bits per heavy atom. The van der Waals surface area contributed by atoms with E-state index in [0.717, 1.165) is 19.4 Å². The number of aliphatic carboxylic acids is 1. The molecular weight excluding hydrogens is 262 g/mol. The van der Waals surface area contributed by atoms with Crippen molar-refractivity contribution in [1.29, 1.82) is 0 Å². The van der Waals surface area contributed by atoms with Crippen LogP contribution < -0.4 is 10.6 Å². The van der Waals surface area contributed by atoms with E-state index in [1.165, 1.54) is 4.90 Å². The summed E-state index contributed by atoms with van der Waals surface area (Å²) in [5, 5.41) is 14.8. The second-order valence-electron chi connectivity index (χ2n) is 5.41. The molecule has 0 aromatic carbocycles. The Morgan fingerprint density at radius 2 is 2.05 bits per heavy atom. The molecule has 2 fully saturated rings. The summed E-state index contributed by atoms with van der Waals surface area (Å²) in [5.41, 5.74) is 0. The van der Waals surface area contributed by atoms with Crippen molar-refractivity contribution in [2.24, 2.45) is 0 Å². The SMILES string of the molecule is C[C@H](NC(=O)[C@@H]1CCCN1)C(=O)N1CCC[C@H]1C(=O)O. The molecule has 7 heteroatoms. The summed E-state index contributed by atoms with van der Waals surface area (Å²) >= 11 is 0. The van der Waals surface area contributed by atoms with Crippen LogP contribution in [0.15, 0.2) is 0 Å². The van der Waals surface area contributed by atoms with Gasteiger partial charge in [0, 0.05) is 6.54 Å². The molecule has 0 radical (unpaired) electrons. The fourth-order valence-corrected chi connectivity index (χ4v) is 2.82. The van der Waals surface area contributed by atoms with Gasteiger partial charge in [-0.25, -0.2) is 4.79 Å². The van der Waals surface area contributed by atoms with Crippen molar-refractivity contribution in [2.45, 2.75) is 50.7 Å². The number of amides is 2. The molecule has 0 bridgehead atoms. The lowest BCUT2D eigenvalue weighted by Crippen LogP contribution is -2.53. The predicted molar refractivity (Wildman–Crippen MR) is 71.0 cm³/mol. The minimum absolute atomic E-state index is 0.186. The molecule has 2 amide bonds. The first-order chi connectivity index (χ1) is 9.50. The van der Waals surface area contributed by atoms with Crippen molar-refractivity contribution in [3.05, 3.63) is 0 Å². The zero-order valence-corrected chi connectivity index (χ0v) is 11.6. The number of carbonyl (C=O) groups excluding carboxylic acids is 2. The maximum Gasteiger partial charge on any atom is 0.326 e. The molecule has 3 N–H and O–H groups in total. The van der Waals surface area contributed by atoms with Gasteiger partial charge in [-0.1, -0.05) is 0 Å². The molecule has 20 heavy (non-hydrogen) atoms. The number of carboxylic acids is 1. The van der Waals surface area contributed by atoms with Gasteiger partial charge in [-0.2, -0.15) is 0 Å². The molecule has 7 nitrogen and oxygen atoms in total. The van der Waals surface area contributed by atoms with Crippen molar-refractivity contribution in [1.82, 2.24) is 15.5 Å². The third-order valence-corrected chi connectivity index (χ3v) is 3.93. The molecular formula is C13H21N3O4. The van der Waals surface area contributed by atoms with E-state index < -0.39 is 18.1 Å². The molecule has 2 saturated heterocycles. The summed E-state index contributed by atoms with van der Waals surface area (Å²) in [6, 6.07) is -1.68. The van der Waals surface area contributed by atoms with E-state index in [4.69, 9.17) is 5.11 Å². The maximum absolute atomic E-state index is 12.2. The van der Waals surface area contributed by atoms with E-state index in [9.17, 15) is 14.4 Å². The minimum Gasteiger partial charge on any atom is -0.480 e. The highest BCUT2D eigenvalue weighted by Crippen LogP contribution is 2.18. The van der Waals surface area contributed by atoms with Gasteiger partial charge >= 0.3 is 5.97 Å². The van der Waals surface area contributed by atoms with Gasteiger partial charge in [0.1, 0.15) is 12.1 Å². The second kappa shape index (κ2) is 6.21. The molecule has 2 rings (SSSR count). The van der Waals surface area contributed by atoms with E-state index in [2.05, 4.69) is 10.6 Å². The van der Waals surface area contributed by atoms with Crippen LogP contribution in [-0.4, -0.2) is 59.0 Å². The van der Waals surface area contributed by atoms with Crippen LogP contribution in [0, 0.1) is 0 Å². The number of rotatable bonds is 4. The Kier molecular flexibility index (Phi) is 4.59. The fraction of sp³-hybridized carbons (Fsp3) is 0.769. The Hall–Kier alpha value is -1.63. The van der Waals surface area contributed by atoms with Crippen LogP contribution in [0.2, 0.25) is 0 Å². The molecule has 2 aliphatic rings. The third kappa shape index (κ3) is 3.09. The highest BCUT2D eigenvalue weighted by Gasteiger charge is 2.36. The van der Waals surface area contributed by atoms with Crippen molar-refractivity contribution in [3.8, 4) is 0 Å². The number of hydrogen-bond donors (Lipinski definition) is 3. The minimum atomic E-state index is -0.980. The average molecular weight is 283 g/mol. The van der Waals surface area contributed by atoms with E-state index in [-0.39, 0.29) is 17.9 Å². The maximum atomic E-state index is 12.2. The van der Waals surface area contributed by atoms with E-state index in [1.54, 1.807) is 6.92 Å². The monoisotopic (exact) mass is 283 g/mol. The van der Waals surface area contributed by atoms with Crippen LogP contribution in [0.4, 0.5) is 0 Å². The molecule has 0 spiro atoms. The van der Waals surface area contributed by atoms with Crippen LogP contribution in [-0.2, 0) is 14.4 Å². The van der Waals surface area contributed by atoms with Crippen molar-refractivity contribution in [2.75, 3.05) is 13.1 Å². The van der Waals surface area contributed by atoms with Gasteiger partial charge < -0.3 is 20.6 Å². The largest absolute Gasteiger partial charge is 0.480 e. The predicted octanol–water partition coefficient (Wildman–Crippen LogP) is -0.681. The molecule has 0 unspecified atom stereocenters. The van der Waals surface area contributed by atoms with Gasteiger partial charge in [0.2, 0.25) is 11.8 Å². The Morgan fingerprint density at radius 3 is 2.65 bits per heavy atom. The molecule has 2 aliphatic heterocycles. The number of carboxylic acid groups (broad SMARTS) is 1. The smallest absolute Gasteiger partial charge is 0.326 e. The first kappa shape index (κ1) is 14.8. The van der Waals surface area contributed by atoms with E-state index in [0.29, 0.717) is 19.4 Å². The first-order valence-corrected chi connectivity index (χ1v) is 7.07. The number of hydrogen-bond acceptors (Lipinski definition) is 4. The van der Waals surface area contributed by atoms with Gasteiger partial charge in [-0.3, -0.25) is 9.59 Å². The number of likely N-dealkylation sites (tertiary alicyclic amines) is 1. The van der Waals surface area contributed by atoms with Crippen LogP contribution in [0.25, 0.3) is 0 Å². The lowest BCUT2D eigenvalue weighted by atomic mass is 10.2. The van der Waals surface area contributed by atoms with E-state index in [1.807, 2.05) is 0 Å². The Labute approximate surface area is 117 Å². The summed E-state index contributed by atoms with van der Waals surface area (Å²) in [6.45, 7) is 2.86. The van der Waals surface area contributed by atoms with Crippen molar-refractivity contribution < 1.29 is 19.5 Å². The van der Waals surface area contributed by atoms with Crippen molar-refractivity contribution in [3.63, 3.8) is 0 Å². The summed E-state index contributed by atoms with van der Waals surface area (Å²) in [7, 11) is 0. The standard InChI is InChI=1S/C13H21N3O4/c1-8(15-11(17)9-4-2-6-14-9)12(18)16-7-3-5-10(16)13(19)20/h8-10,14H,2-7H2,1H3,(H,15,17)(H,19,20)/t8-,9-,10-/m0/s1. The molecule has 112 valence electrons. The Balaban J connectivity index is 1.91. The van der Waals surface area contributed by atoms with Gasteiger partial charge in [0.15, 0.2) is 0 Å². The quantitative estimate of drug-likeness (QED) is 0.635. The summed E-state index contributed by atoms with van der Waals surface area (Å²) in [4.78, 5) is 36.6. The number of nitrogens with one attached hydrogen (secondary N) is 2. The van der Waals surface area contributed by atoms with Gasteiger partial charge in [0.05, 0.1) is 6.04 Å². The molecule has 3 atom stereocenters. The molecule has 0 saturated carbocycles. The normalized spacial score (nSPS) is 27.4. The second-order valence-corrected chi connectivity index (χ2v) is 5.41. The molecule has 0 aromatic heterocycles. The highest BCUT2D eigenvalue weighted by molar-refractivity contribution is 5.92. The third-order valence-electron chi connectivity index (χ3n) is 3.93. The van der Waals surface area contributed by atoms with E-state index >= 15 is 0 Å². The van der Waals surface area contributed by atoms with Crippen LogP contribution in [0.3, 0.4) is 0 Å². The molecule has 0 aromatic rings. The molecule has 0 aliphatic carbocycles. The summed E-state index contributed by atoms with van der Waals surface area (Å²) < 4.78 is 0. The average Bonchev–Trinajstić information content (AvgIpc) is 3.08. The Bertz CT molecular complexity index is 406. The zero-order valence-electron chi connectivity index (χ0n) is 11.6. The lowest BCUT2D eigenvalue weighted by molar-refractivity contribution is -0.149. The van der Waals surface area contributed by atoms with Gasteiger partial charge in [-0.05, 0) is 39.2 Å². The molecule has 2 heterocycles. The highest BCUT2D eigenvalue weighted by atomic mass is 16.4. The fourth-order valence-electron chi connectivity index (χ4n) is 2.82. The van der Waals surface area contributed by atoms with Crippen LogP contribution >= 0.6 is 0 Å². The topological polar surface area (TPSA) is 98.7 Å². The van der Waals surface area contributed by atoms with Crippen LogP contribution in [0.1, 0.15) is 32.6 Å². The van der Waals surface area contributed by atoms with Crippen molar-refractivity contribution >= 4 is 17.8 Å². The zero-order chi connectivity index (χ0) is 14.7.